The largest absolute Gasteiger partial charge is 0.506 e. The lowest BCUT2D eigenvalue weighted by Gasteiger charge is -2.16. The molecule has 0 saturated heterocycles. The molecule has 0 aromatic heterocycles. The maximum atomic E-state index is 10.1. The van der Waals surface area contributed by atoms with Gasteiger partial charge in [-0.05, 0) is 0 Å². The van der Waals surface area contributed by atoms with Crippen molar-refractivity contribution in [3.63, 3.8) is 0 Å². The Hall–Kier alpha value is 0.360. The van der Waals surface area contributed by atoms with E-state index < -0.39 is 11.5 Å². The summed E-state index contributed by atoms with van der Waals surface area (Å²) < 4.78 is 0. The SMILES string of the molecule is Oc1c(Cl)c(Cl)c(Cl)c(Cl)c1Cc1c(O)c(Cl)c(Cl)c(Cl)c1Cl. The fourth-order valence-electron chi connectivity index (χ4n) is 1.83. The first-order valence-electron chi connectivity index (χ1n) is 5.67. The Balaban J connectivity index is 2.71. The van der Waals surface area contributed by atoms with E-state index in [9.17, 15) is 10.2 Å². The minimum absolute atomic E-state index is 0.0452. The molecular weight excluding hydrogens is 472 g/mol. The molecule has 0 aliphatic carbocycles. The van der Waals surface area contributed by atoms with Crippen LogP contribution < -0.4 is 0 Å². The third-order valence-corrected chi connectivity index (χ3v) is 6.69. The fourth-order valence-corrected chi connectivity index (χ4v) is 3.73. The minimum atomic E-state index is -0.399. The second-order valence-corrected chi connectivity index (χ2v) is 7.37. The van der Waals surface area contributed by atoms with Gasteiger partial charge in [-0.15, -0.1) is 0 Å². The first-order valence-corrected chi connectivity index (χ1v) is 8.69. The summed E-state index contributed by atoms with van der Waals surface area (Å²) in [7, 11) is 0. The molecule has 2 aromatic carbocycles. The average Bonchev–Trinajstić information content (AvgIpc) is 2.54. The smallest absolute Gasteiger partial charge is 0.140 e. The fraction of sp³-hybridized carbons (Fsp3) is 0.0769. The predicted octanol–water partition coefficient (Wildman–Crippen LogP) is 7.92. The Morgan fingerprint density at radius 2 is 0.696 bits per heavy atom. The quantitative estimate of drug-likeness (QED) is 0.342. The van der Waals surface area contributed by atoms with Crippen LogP contribution in [0.15, 0.2) is 0 Å². The van der Waals surface area contributed by atoms with Crippen molar-refractivity contribution in [3.8, 4) is 11.5 Å². The van der Waals surface area contributed by atoms with Gasteiger partial charge in [0.25, 0.3) is 0 Å². The van der Waals surface area contributed by atoms with Crippen LogP contribution in [0.2, 0.25) is 40.2 Å². The van der Waals surface area contributed by atoms with Gasteiger partial charge in [0.2, 0.25) is 0 Å². The minimum Gasteiger partial charge on any atom is -0.506 e. The van der Waals surface area contributed by atoms with Crippen molar-refractivity contribution in [3.05, 3.63) is 51.3 Å². The van der Waals surface area contributed by atoms with Gasteiger partial charge < -0.3 is 10.2 Å². The van der Waals surface area contributed by atoms with Crippen LogP contribution >= 0.6 is 92.8 Å². The van der Waals surface area contributed by atoms with E-state index >= 15 is 0 Å². The topological polar surface area (TPSA) is 40.5 Å². The van der Waals surface area contributed by atoms with E-state index in [1.54, 1.807) is 0 Å². The van der Waals surface area contributed by atoms with E-state index in [-0.39, 0.29) is 57.7 Å². The van der Waals surface area contributed by atoms with Crippen LogP contribution in [0.25, 0.3) is 0 Å². The molecule has 10 heteroatoms. The van der Waals surface area contributed by atoms with Crippen molar-refractivity contribution in [2.24, 2.45) is 0 Å². The zero-order chi connectivity index (χ0) is 17.6. The van der Waals surface area contributed by atoms with Gasteiger partial charge in [0.05, 0.1) is 30.1 Å². The molecule has 23 heavy (non-hydrogen) atoms. The summed E-state index contributed by atoms with van der Waals surface area (Å²) in [6, 6.07) is 0. The van der Waals surface area contributed by atoms with Crippen LogP contribution in [0.3, 0.4) is 0 Å². The Labute approximate surface area is 171 Å². The number of hydrogen-bond acceptors (Lipinski definition) is 2. The molecule has 0 bridgehead atoms. The standard InChI is InChI=1S/C13H4Cl8O2/c14-4-2(12(22)10(20)8(18)6(4)16)1-3-5(15)7(17)9(19)11(21)13(3)23/h22-23H,1H2. The molecule has 0 radical (unpaired) electrons. The van der Waals surface area contributed by atoms with Gasteiger partial charge in [-0.25, -0.2) is 0 Å². The molecule has 124 valence electrons. The summed E-state index contributed by atoms with van der Waals surface area (Å²) in [6.45, 7) is 0. The summed E-state index contributed by atoms with van der Waals surface area (Å²) in [4.78, 5) is 0. The summed E-state index contributed by atoms with van der Waals surface area (Å²) in [5, 5.41) is 19.5. The van der Waals surface area contributed by atoms with Crippen molar-refractivity contribution < 1.29 is 10.2 Å². The van der Waals surface area contributed by atoms with E-state index in [1.807, 2.05) is 0 Å². The number of phenolic OH excluding ortho intramolecular Hbond substituents is 2. The number of aromatic hydroxyl groups is 2. The lowest BCUT2D eigenvalue weighted by molar-refractivity contribution is 0.463. The van der Waals surface area contributed by atoms with Crippen LogP contribution in [0, 0.1) is 0 Å². The third-order valence-electron chi connectivity index (χ3n) is 3.03. The zero-order valence-corrected chi connectivity index (χ0v) is 16.7. The molecule has 2 rings (SSSR count). The number of phenols is 2. The van der Waals surface area contributed by atoms with Crippen LogP contribution in [-0.4, -0.2) is 10.2 Å². The molecule has 0 aliphatic heterocycles. The lowest BCUT2D eigenvalue weighted by atomic mass is 10.0. The second-order valence-electron chi connectivity index (χ2n) is 4.34. The van der Waals surface area contributed by atoms with Crippen molar-refractivity contribution in [2.75, 3.05) is 0 Å². The monoisotopic (exact) mass is 472 g/mol. The summed E-state index contributed by atoms with van der Waals surface area (Å²) in [6.07, 6.45) is -0.164. The van der Waals surface area contributed by atoms with Gasteiger partial charge in [0.1, 0.15) is 21.5 Å². The normalized spacial score (nSPS) is 11.1. The number of benzene rings is 2. The molecule has 0 unspecified atom stereocenters. The first kappa shape index (κ1) is 19.7. The van der Waals surface area contributed by atoms with Crippen molar-refractivity contribution >= 4 is 92.8 Å². The molecule has 2 aromatic rings. The van der Waals surface area contributed by atoms with E-state index in [0.717, 1.165) is 0 Å². The van der Waals surface area contributed by atoms with Crippen LogP contribution in [0.5, 0.6) is 11.5 Å². The molecule has 0 amide bonds. The molecule has 0 atom stereocenters. The Kier molecular flexibility index (Phi) is 6.25. The van der Waals surface area contributed by atoms with Gasteiger partial charge in [-0.3, -0.25) is 0 Å². The van der Waals surface area contributed by atoms with Gasteiger partial charge >= 0.3 is 0 Å². The zero-order valence-electron chi connectivity index (χ0n) is 10.6. The molecule has 2 N–H and O–H groups in total. The maximum Gasteiger partial charge on any atom is 0.140 e. The second kappa shape index (κ2) is 7.31. The van der Waals surface area contributed by atoms with E-state index in [4.69, 9.17) is 92.8 Å². The molecule has 0 spiro atoms. The number of hydrogen-bond donors (Lipinski definition) is 2. The first-order chi connectivity index (χ1) is 10.6. The molecule has 0 saturated carbocycles. The Morgan fingerprint density at radius 1 is 0.435 bits per heavy atom. The molecular formula is C13H4Cl8O2. The maximum absolute atomic E-state index is 10.1. The summed E-state index contributed by atoms with van der Waals surface area (Å²) in [5.41, 5.74) is 0.190. The number of halogens is 8. The highest BCUT2D eigenvalue weighted by molar-refractivity contribution is 6.53. The highest BCUT2D eigenvalue weighted by atomic mass is 35.5. The van der Waals surface area contributed by atoms with Gasteiger partial charge in [0.15, 0.2) is 0 Å². The molecule has 0 heterocycles. The van der Waals surface area contributed by atoms with Crippen molar-refractivity contribution in [1.29, 1.82) is 0 Å². The molecule has 0 aliphatic rings. The lowest BCUT2D eigenvalue weighted by Crippen LogP contribution is -1.96. The summed E-state index contributed by atoms with van der Waals surface area (Å²) >= 11 is 47.6. The van der Waals surface area contributed by atoms with Crippen molar-refractivity contribution in [1.82, 2.24) is 0 Å². The van der Waals surface area contributed by atoms with E-state index in [0.29, 0.717) is 0 Å². The van der Waals surface area contributed by atoms with Gasteiger partial charge in [-0.2, -0.15) is 0 Å². The van der Waals surface area contributed by atoms with Gasteiger partial charge in [-0.1, -0.05) is 92.8 Å². The highest BCUT2D eigenvalue weighted by Gasteiger charge is 2.25. The van der Waals surface area contributed by atoms with Crippen molar-refractivity contribution in [2.45, 2.75) is 6.42 Å². The molecule has 0 fully saturated rings. The third kappa shape index (κ3) is 3.38. The van der Waals surface area contributed by atoms with E-state index in [2.05, 4.69) is 0 Å². The predicted molar refractivity (Wildman–Crippen MR) is 99.1 cm³/mol. The highest BCUT2D eigenvalue weighted by Crippen LogP contribution is 2.49. The Morgan fingerprint density at radius 3 is 1.00 bits per heavy atom. The Bertz CT molecular complexity index is 693. The molecule has 2 nitrogen and oxygen atoms in total. The van der Waals surface area contributed by atoms with Crippen LogP contribution in [0.4, 0.5) is 0 Å². The van der Waals surface area contributed by atoms with E-state index in [1.165, 1.54) is 0 Å². The summed E-state index contributed by atoms with van der Waals surface area (Å²) in [5.74, 6) is -0.799. The van der Waals surface area contributed by atoms with Gasteiger partial charge in [0, 0.05) is 17.5 Å². The van der Waals surface area contributed by atoms with Crippen LogP contribution in [0.1, 0.15) is 11.1 Å². The van der Waals surface area contributed by atoms with Crippen LogP contribution in [-0.2, 0) is 6.42 Å². The number of rotatable bonds is 2. The average molecular weight is 476 g/mol.